The fourth-order valence-electron chi connectivity index (χ4n) is 8.57. The fourth-order valence-corrected chi connectivity index (χ4v) is 9.67. The normalized spacial score (nSPS) is 11.9. The molecule has 5 nitrogen and oxygen atoms in total. The van der Waals surface area contributed by atoms with Crippen LogP contribution in [-0.4, -0.2) is 19.5 Å². The number of hydrogen-bond acceptors (Lipinski definition) is 5. The van der Waals surface area contributed by atoms with Crippen LogP contribution in [0.4, 0.5) is 0 Å². The molecule has 0 radical (unpaired) electrons. The molecule has 266 valence electrons. The van der Waals surface area contributed by atoms with Crippen molar-refractivity contribution in [3.63, 3.8) is 0 Å². The molecule has 4 aromatic heterocycles. The average Bonchev–Trinajstić information content (AvgIpc) is 3.96. The summed E-state index contributed by atoms with van der Waals surface area (Å²) in [5, 5.41) is 7.01. The van der Waals surface area contributed by atoms with Crippen molar-refractivity contribution < 1.29 is 4.42 Å². The number of hydrogen-bond donors (Lipinski definition) is 0. The van der Waals surface area contributed by atoms with Crippen molar-refractivity contribution >= 4 is 75.3 Å². The maximum Gasteiger partial charge on any atom is 0.164 e. The van der Waals surface area contributed by atoms with Crippen LogP contribution in [-0.2, 0) is 0 Å². The molecule has 0 atom stereocenters. The number of para-hydroxylation sites is 2. The molecule has 8 aromatic carbocycles. The van der Waals surface area contributed by atoms with E-state index in [1.54, 1.807) is 0 Å². The van der Waals surface area contributed by atoms with Gasteiger partial charge >= 0.3 is 0 Å². The van der Waals surface area contributed by atoms with Crippen molar-refractivity contribution in [1.82, 2.24) is 19.5 Å². The van der Waals surface area contributed by atoms with E-state index in [9.17, 15) is 0 Å². The summed E-state index contributed by atoms with van der Waals surface area (Å²) >= 11 is 1.84. The molecule has 12 aromatic rings. The van der Waals surface area contributed by atoms with Crippen LogP contribution in [0.5, 0.6) is 0 Å². The molecule has 4 heterocycles. The molecule has 0 N–H and O–H groups in total. The second-order valence-electron chi connectivity index (χ2n) is 14.3. The molecule has 0 fully saturated rings. The highest BCUT2D eigenvalue weighted by Gasteiger charge is 2.22. The maximum absolute atomic E-state index is 6.63. The van der Waals surface area contributed by atoms with Gasteiger partial charge < -0.3 is 8.98 Å². The summed E-state index contributed by atoms with van der Waals surface area (Å²) in [7, 11) is 0. The van der Waals surface area contributed by atoms with E-state index in [0.29, 0.717) is 17.5 Å². The van der Waals surface area contributed by atoms with Gasteiger partial charge in [-0.1, -0.05) is 133 Å². The van der Waals surface area contributed by atoms with Crippen LogP contribution >= 0.6 is 11.3 Å². The van der Waals surface area contributed by atoms with Crippen LogP contribution < -0.4 is 0 Å². The van der Waals surface area contributed by atoms with Crippen LogP contribution in [0.2, 0.25) is 0 Å². The summed E-state index contributed by atoms with van der Waals surface area (Å²) in [5.41, 5.74) is 10.2. The Morgan fingerprint density at radius 1 is 0.386 bits per heavy atom. The van der Waals surface area contributed by atoms with E-state index in [1.807, 2.05) is 84.1 Å². The van der Waals surface area contributed by atoms with Gasteiger partial charge in [0.25, 0.3) is 0 Å². The van der Waals surface area contributed by atoms with Gasteiger partial charge in [0.1, 0.15) is 11.2 Å². The van der Waals surface area contributed by atoms with Crippen molar-refractivity contribution in [2.75, 3.05) is 0 Å². The topological polar surface area (TPSA) is 56.7 Å². The van der Waals surface area contributed by atoms with E-state index in [0.717, 1.165) is 49.8 Å². The number of rotatable bonds is 5. The molecule has 0 saturated heterocycles. The second-order valence-corrected chi connectivity index (χ2v) is 15.4. The Labute approximate surface area is 330 Å². The fraction of sp³-hybridized carbons (Fsp3) is 0. The van der Waals surface area contributed by atoms with Crippen molar-refractivity contribution in [1.29, 1.82) is 0 Å². The number of benzene rings is 8. The number of nitrogens with zero attached hydrogens (tertiary/aromatic N) is 4. The molecule has 0 bridgehead atoms. The third kappa shape index (κ3) is 4.98. The third-order valence-electron chi connectivity index (χ3n) is 11.1. The minimum atomic E-state index is 0.598. The number of aromatic nitrogens is 4. The summed E-state index contributed by atoms with van der Waals surface area (Å²) in [6, 6.07) is 63.7. The molecule has 57 heavy (non-hydrogen) atoms. The number of fused-ring (bicyclic) bond motifs is 9. The first kappa shape index (κ1) is 31.9. The molecule has 0 amide bonds. The van der Waals surface area contributed by atoms with Gasteiger partial charge in [-0.05, 0) is 59.7 Å². The Kier molecular flexibility index (Phi) is 7.03. The molecular formula is C51H30N4OS. The lowest BCUT2D eigenvalue weighted by atomic mass is 9.96. The molecule has 0 unspecified atom stereocenters. The summed E-state index contributed by atoms with van der Waals surface area (Å²) in [5.74, 6) is 1.84. The molecule has 0 aliphatic rings. The van der Waals surface area contributed by atoms with Gasteiger partial charge in [0.05, 0.1) is 16.7 Å². The Bertz CT molecular complexity index is 3420. The largest absolute Gasteiger partial charge is 0.456 e. The van der Waals surface area contributed by atoms with E-state index in [-0.39, 0.29) is 0 Å². The molecule has 0 saturated carbocycles. The molecule has 0 spiro atoms. The van der Waals surface area contributed by atoms with Gasteiger partial charge in [0, 0.05) is 58.4 Å². The van der Waals surface area contributed by atoms with Crippen molar-refractivity contribution in [2.45, 2.75) is 0 Å². The molecule has 6 heteroatoms. The van der Waals surface area contributed by atoms with Crippen LogP contribution in [0.3, 0.4) is 0 Å². The zero-order chi connectivity index (χ0) is 37.5. The lowest BCUT2D eigenvalue weighted by molar-refractivity contribution is 0.669. The zero-order valence-electron chi connectivity index (χ0n) is 30.4. The summed E-state index contributed by atoms with van der Waals surface area (Å²) < 4.78 is 11.6. The lowest BCUT2D eigenvalue weighted by Crippen LogP contribution is -2.00. The molecular weight excluding hydrogens is 717 g/mol. The predicted molar refractivity (Wildman–Crippen MR) is 236 cm³/mol. The summed E-state index contributed by atoms with van der Waals surface area (Å²) in [6.45, 7) is 0. The lowest BCUT2D eigenvalue weighted by Gasteiger charge is -2.11. The Morgan fingerprint density at radius 2 is 0.947 bits per heavy atom. The van der Waals surface area contributed by atoms with Crippen molar-refractivity contribution in [3.8, 4) is 51.0 Å². The first-order valence-corrected chi connectivity index (χ1v) is 19.8. The smallest absolute Gasteiger partial charge is 0.164 e. The minimum absolute atomic E-state index is 0.598. The van der Waals surface area contributed by atoms with E-state index in [1.165, 1.54) is 47.7 Å². The molecule has 0 aliphatic heterocycles. The molecule has 12 rings (SSSR count). The minimum Gasteiger partial charge on any atom is -0.456 e. The highest BCUT2D eigenvalue weighted by molar-refractivity contribution is 7.25. The maximum atomic E-state index is 6.63. The third-order valence-corrected chi connectivity index (χ3v) is 12.2. The SMILES string of the molecule is c1ccc(-c2nc(-c3ccccc3)nc(-c3cccc4oc5cccc(-c6ccc7sc8cccc(-n9c%10ccccc%10c%10ccccc%109)c8c7c6)c5c34)n2)cc1. The van der Waals surface area contributed by atoms with Gasteiger partial charge in [-0.2, -0.15) is 0 Å². The average molecular weight is 747 g/mol. The summed E-state index contributed by atoms with van der Waals surface area (Å²) in [6.07, 6.45) is 0. The highest BCUT2D eigenvalue weighted by Crippen LogP contribution is 2.45. The van der Waals surface area contributed by atoms with Crippen LogP contribution in [0, 0.1) is 0 Å². The Hall–Kier alpha value is -7.41. The first-order chi connectivity index (χ1) is 28.3. The van der Waals surface area contributed by atoms with E-state index < -0.39 is 0 Å². The van der Waals surface area contributed by atoms with Gasteiger partial charge in [0.15, 0.2) is 17.5 Å². The predicted octanol–water partition coefficient (Wildman–Crippen LogP) is 13.9. The summed E-state index contributed by atoms with van der Waals surface area (Å²) in [4.78, 5) is 15.2. The molecule has 0 aliphatic carbocycles. The van der Waals surface area contributed by atoms with E-state index >= 15 is 0 Å². The monoisotopic (exact) mass is 746 g/mol. The second kappa shape index (κ2) is 12.6. The Morgan fingerprint density at radius 3 is 1.61 bits per heavy atom. The zero-order valence-corrected chi connectivity index (χ0v) is 31.2. The quantitative estimate of drug-likeness (QED) is 0.176. The van der Waals surface area contributed by atoms with Crippen molar-refractivity contribution in [2.24, 2.45) is 0 Å². The highest BCUT2D eigenvalue weighted by atomic mass is 32.1. The Balaban J connectivity index is 1.10. The number of furan rings is 1. The van der Waals surface area contributed by atoms with Gasteiger partial charge in [-0.15, -0.1) is 11.3 Å². The van der Waals surface area contributed by atoms with Gasteiger partial charge in [-0.3, -0.25) is 0 Å². The van der Waals surface area contributed by atoms with E-state index in [4.69, 9.17) is 19.4 Å². The van der Waals surface area contributed by atoms with Crippen LogP contribution in [0.1, 0.15) is 0 Å². The van der Waals surface area contributed by atoms with Gasteiger partial charge in [0.2, 0.25) is 0 Å². The first-order valence-electron chi connectivity index (χ1n) is 19.0. The van der Waals surface area contributed by atoms with Crippen LogP contribution in [0.25, 0.3) is 115 Å². The van der Waals surface area contributed by atoms with Crippen molar-refractivity contribution in [3.05, 3.63) is 182 Å². The number of thiophene rings is 1. The van der Waals surface area contributed by atoms with Gasteiger partial charge in [-0.25, -0.2) is 15.0 Å². The van der Waals surface area contributed by atoms with E-state index in [2.05, 4.69) is 114 Å². The standard InChI is InChI=1S/C51H30N4OS/c1-3-14-31(15-4-1)49-52-50(32-16-5-2-6-17-32)54-51(53-49)37-21-12-26-43-48(37)47-34(20-11-25-42(47)56-43)33-28-29-44-38(30-33)46-41(24-13-27-45(46)57-44)55-39-22-9-7-18-35(39)36-19-8-10-23-40(36)55/h1-30H. The van der Waals surface area contributed by atoms with Crippen LogP contribution in [0.15, 0.2) is 186 Å².